The number of carbonyl (C=O) groups excluding carboxylic acids is 1. The summed E-state index contributed by atoms with van der Waals surface area (Å²) < 4.78 is 38.3. The van der Waals surface area contributed by atoms with Gasteiger partial charge in [-0.25, -0.2) is 0 Å². The molecule has 0 fully saturated rings. The molecule has 23 heavy (non-hydrogen) atoms. The molecule has 0 aliphatic carbocycles. The first-order valence-electron chi connectivity index (χ1n) is 6.69. The fourth-order valence-electron chi connectivity index (χ4n) is 2.13. The SMILES string of the molecule is CCc1c(C)sc(NC(=O)Cn2ccc(C(F)(F)F)n2)c1C#N. The van der Waals surface area contributed by atoms with Gasteiger partial charge in [0.15, 0.2) is 5.69 Å². The highest BCUT2D eigenvalue weighted by Gasteiger charge is 2.33. The second-order valence-electron chi connectivity index (χ2n) is 4.75. The number of halogens is 3. The normalized spacial score (nSPS) is 11.3. The quantitative estimate of drug-likeness (QED) is 0.926. The lowest BCUT2D eigenvalue weighted by atomic mass is 10.1. The molecule has 1 amide bonds. The van der Waals surface area contributed by atoms with Crippen LogP contribution in [0.25, 0.3) is 0 Å². The summed E-state index contributed by atoms with van der Waals surface area (Å²) in [7, 11) is 0. The maximum atomic E-state index is 12.5. The first kappa shape index (κ1) is 17.0. The summed E-state index contributed by atoms with van der Waals surface area (Å²) >= 11 is 1.27. The fourth-order valence-corrected chi connectivity index (χ4v) is 3.24. The molecule has 0 radical (unpaired) electrons. The standard InChI is InChI=1S/C14H13F3N4OS/c1-3-9-8(2)23-13(10(9)6-18)19-12(22)7-21-5-4-11(20-21)14(15,16)17/h4-5H,3,7H2,1-2H3,(H,19,22). The van der Waals surface area contributed by atoms with Crippen molar-refractivity contribution in [2.24, 2.45) is 0 Å². The van der Waals surface area contributed by atoms with Gasteiger partial charge in [0.05, 0.1) is 5.56 Å². The van der Waals surface area contributed by atoms with E-state index >= 15 is 0 Å². The Bertz CT molecular complexity index is 770. The number of nitrogens with zero attached hydrogens (tertiary/aromatic N) is 3. The van der Waals surface area contributed by atoms with Crippen LogP contribution < -0.4 is 5.32 Å². The molecule has 2 rings (SSSR count). The van der Waals surface area contributed by atoms with Crippen LogP contribution in [0.4, 0.5) is 18.2 Å². The van der Waals surface area contributed by atoms with Crippen LogP contribution in [0.3, 0.4) is 0 Å². The third kappa shape index (κ3) is 3.71. The third-order valence-electron chi connectivity index (χ3n) is 3.16. The van der Waals surface area contributed by atoms with Gasteiger partial charge in [0.1, 0.15) is 17.6 Å². The Kier molecular flexibility index (Phi) is 4.75. The van der Waals surface area contributed by atoms with Crippen LogP contribution in [-0.2, 0) is 23.9 Å². The zero-order chi connectivity index (χ0) is 17.2. The van der Waals surface area contributed by atoms with E-state index in [0.717, 1.165) is 27.4 Å². The van der Waals surface area contributed by atoms with Gasteiger partial charge in [-0.3, -0.25) is 9.48 Å². The predicted molar refractivity (Wildman–Crippen MR) is 79.0 cm³/mol. The molecule has 0 saturated heterocycles. The van der Waals surface area contributed by atoms with Crippen molar-refractivity contribution in [3.05, 3.63) is 34.0 Å². The van der Waals surface area contributed by atoms with E-state index in [9.17, 15) is 23.2 Å². The number of amides is 1. The van der Waals surface area contributed by atoms with Gasteiger partial charge < -0.3 is 5.32 Å². The third-order valence-corrected chi connectivity index (χ3v) is 4.23. The van der Waals surface area contributed by atoms with Gasteiger partial charge in [0.25, 0.3) is 0 Å². The van der Waals surface area contributed by atoms with Gasteiger partial charge in [0.2, 0.25) is 5.91 Å². The number of carbonyl (C=O) groups is 1. The van der Waals surface area contributed by atoms with E-state index in [2.05, 4.69) is 16.5 Å². The molecule has 0 bridgehead atoms. The first-order chi connectivity index (χ1) is 10.8. The van der Waals surface area contributed by atoms with E-state index in [1.165, 1.54) is 11.3 Å². The van der Waals surface area contributed by atoms with Gasteiger partial charge in [0, 0.05) is 11.1 Å². The van der Waals surface area contributed by atoms with E-state index in [1.54, 1.807) is 0 Å². The highest BCUT2D eigenvalue weighted by Crippen LogP contribution is 2.32. The topological polar surface area (TPSA) is 70.7 Å². The molecule has 0 aromatic carbocycles. The van der Waals surface area contributed by atoms with Crippen LogP contribution in [0.15, 0.2) is 12.3 Å². The molecule has 0 spiro atoms. The summed E-state index contributed by atoms with van der Waals surface area (Å²) in [6.45, 7) is 3.40. The number of anilines is 1. The monoisotopic (exact) mass is 342 g/mol. The molecule has 2 heterocycles. The smallest absolute Gasteiger partial charge is 0.315 e. The number of hydrogen-bond acceptors (Lipinski definition) is 4. The minimum Gasteiger partial charge on any atom is -0.315 e. The molecule has 0 saturated carbocycles. The number of rotatable bonds is 4. The number of aryl methyl sites for hydroxylation is 1. The number of aromatic nitrogens is 2. The van der Waals surface area contributed by atoms with Crippen molar-refractivity contribution in [2.45, 2.75) is 33.0 Å². The maximum Gasteiger partial charge on any atom is 0.435 e. The molecule has 5 nitrogen and oxygen atoms in total. The molecular weight excluding hydrogens is 329 g/mol. The van der Waals surface area contributed by atoms with E-state index in [0.29, 0.717) is 17.0 Å². The van der Waals surface area contributed by atoms with Crippen molar-refractivity contribution >= 4 is 22.2 Å². The first-order valence-corrected chi connectivity index (χ1v) is 7.50. The van der Waals surface area contributed by atoms with Crippen molar-refractivity contribution in [3.63, 3.8) is 0 Å². The van der Waals surface area contributed by atoms with Crippen LogP contribution in [0, 0.1) is 18.3 Å². The second kappa shape index (κ2) is 6.42. The van der Waals surface area contributed by atoms with E-state index < -0.39 is 17.8 Å². The number of alkyl halides is 3. The average Bonchev–Trinajstić information content (AvgIpc) is 3.02. The Hall–Kier alpha value is -2.34. The maximum absolute atomic E-state index is 12.5. The fraction of sp³-hybridized carbons (Fsp3) is 0.357. The van der Waals surface area contributed by atoms with E-state index in [-0.39, 0.29) is 6.54 Å². The molecule has 0 aliphatic heterocycles. The summed E-state index contributed by atoms with van der Waals surface area (Å²) in [6, 6.07) is 2.86. The predicted octanol–water partition coefficient (Wildman–Crippen LogP) is 3.34. The van der Waals surface area contributed by atoms with Crippen LogP contribution in [0.2, 0.25) is 0 Å². The van der Waals surface area contributed by atoms with Gasteiger partial charge in [-0.1, -0.05) is 6.92 Å². The molecule has 2 aromatic heterocycles. The summed E-state index contributed by atoms with van der Waals surface area (Å²) in [5.74, 6) is -0.540. The molecule has 0 unspecified atom stereocenters. The highest BCUT2D eigenvalue weighted by molar-refractivity contribution is 7.16. The van der Waals surface area contributed by atoms with Crippen LogP contribution >= 0.6 is 11.3 Å². The van der Waals surface area contributed by atoms with Gasteiger partial charge in [-0.15, -0.1) is 11.3 Å². The Morgan fingerprint density at radius 3 is 2.74 bits per heavy atom. The summed E-state index contributed by atoms with van der Waals surface area (Å²) in [5, 5.41) is 15.5. The number of hydrogen-bond donors (Lipinski definition) is 1. The van der Waals surface area contributed by atoms with E-state index in [4.69, 9.17) is 0 Å². The minimum absolute atomic E-state index is 0.362. The van der Waals surface area contributed by atoms with Crippen molar-refractivity contribution in [3.8, 4) is 6.07 Å². The Balaban J connectivity index is 2.12. The van der Waals surface area contributed by atoms with Crippen LogP contribution in [0.1, 0.15) is 28.6 Å². The zero-order valence-electron chi connectivity index (χ0n) is 12.4. The van der Waals surface area contributed by atoms with Crippen molar-refractivity contribution in [1.29, 1.82) is 5.26 Å². The molecule has 2 aromatic rings. The lowest BCUT2D eigenvalue weighted by molar-refractivity contribution is -0.141. The summed E-state index contributed by atoms with van der Waals surface area (Å²) in [6.07, 6.45) is -2.80. The molecule has 9 heteroatoms. The van der Waals surface area contributed by atoms with Crippen molar-refractivity contribution in [1.82, 2.24) is 9.78 Å². The van der Waals surface area contributed by atoms with Gasteiger partial charge in [-0.05, 0) is 25.0 Å². The lowest BCUT2D eigenvalue weighted by Gasteiger charge is -2.04. The largest absolute Gasteiger partial charge is 0.435 e. The zero-order valence-corrected chi connectivity index (χ0v) is 13.2. The Morgan fingerprint density at radius 2 is 2.22 bits per heavy atom. The molecule has 0 aliphatic rings. The highest BCUT2D eigenvalue weighted by atomic mass is 32.1. The minimum atomic E-state index is -4.55. The van der Waals surface area contributed by atoms with E-state index in [1.807, 2.05) is 13.8 Å². The molecular formula is C14H13F3N4OS. The second-order valence-corrected chi connectivity index (χ2v) is 5.98. The number of nitriles is 1. The van der Waals surface area contributed by atoms with Crippen LogP contribution in [-0.4, -0.2) is 15.7 Å². The molecule has 1 N–H and O–H groups in total. The summed E-state index contributed by atoms with van der Waals surface area (Å²) in [5.41, 5.74) is 0.217. The van der Waals surface area contributed by atoms with Crippen LogP contribution in [0.5, 0.6) is 0 Å². The Morgan fingerprint density at radius 1 is 1.52 bits per heavy atom. The van der Waals surface area contributed by atoms with Gasteiger partial charge >= 0.3 is 6.18 Å². The average molecular weight is 342 g/mol. The molecule has 0 atom stereocenters. The number of thiophene rings is 1. The van der Waals surface area contributed by atoms with Crippen molar-refractivity contribution < 1.29 is 18.0 Å². The Labute approximate surface area is 134 Å². The molecule has 122 valence electrons. The van der Waals surface area contributed by atoms with Crippen molar-refractivity contribution in [2.75, 3.05) is 5.32 Å². The number of nitrogens with one attached hydrogen (secondary N) is 1. The van der Waals surface area contributed by atoms with Gasteiger partial charge in [-0.2, -0.15) is 23.5 Å². The summed E-state index contributed by atoms with van der Waals surface area (Å²) in [4.78, 5) is 12.9. The lowest BCUT2D eigenvalue weighted by Crippen LogP contribution is -2.19.